The summed E-state index contributed by atoms with van der Waals surface area (Å²) in [5.41, 5.74) is 3.03. The second-order valence-corrected chi connectivity index (χ2v) is 11.2. The summed E-state index contributed by atoms with van der Waals surface area (Å²) < 4.78 is 40.5. The Labute approximate surface area is 201 Å². The van der Waals surface area contributed by atoms with Gasteiger partial charge in [-0.2, -0.15) is 4.31 Å². The summed E-state index contributed by atoms with van der Waals surface area (Å²) in [7, 11) is -3.77. The maximum atomic E-state index is 13.2. The van der Waals surface area contributed by atoms with Crippen molar-refractivity contribution in [3.8, 4) is 0 Å². The molecule has 1 unspecified atom stereocenters. The Balaban J connectivity index is 1.39. The van der Waals surface area contributed by atoms with Gasteiger partial charge in [0, 0.05) is 24.5 Å². The smallest absolute Gasteiger partial charge is 0.243 e. The molecule has 1 atom stereocenters. The van der Waals surface area contributed by atoms with Crippen LogP contribution >= 0.6 is 0 Å². The maximum Gasteiger partial charge on any atom is 0.243 e. The van der Waals surface area contributed by atoms with Crippen molar-refractivity contribution in [2.24, 2.45) is 5.92 Å². The van der Waals surface area contributed by atoms with E-state index in [4.69, 9.17) is 0 Å². The van der Waals surface area contributed by atoms with Gasteiger partial charge in [0.1, 0.15) is 5.82 Å². The number of aryl methyl sites for hydroxylation is 1. The van der Waals surface area contributed by atoms with Crippen molar-refractivity contribution in [1.29, 1.82) is 0 Å². The first-order valence-corrected chi connectivity index (χ1v) is 13.5. The first-order valence-electron chi connectivity index (χ1n) is 12.0. The van der Waals surface area contributed by atoms with Crippen LogP contribution in [0.25, 0.3) is 0 Å². The molecule has 4 rings (SSSR count). The number of nitrogens with one attached hydrogen (secondary N) is 2. The molecule has 2 N–H and O–H groups in total. The molecule has 2 aliphatic heterocycles. The number of carbonyl (C=O) groups is 1. The molecule has 34 heavy (non-hydrogen) atoms. The van der Waals surface area contributed by atoms with E-state index in [1.54, 1.807) is 4.90 Å². The largest absolute Gasteiger partial charge is 0.360 e. The number of hydrogen-bond donors (Lipinski definition) is 2. The molecule has 2 saturated heterocycles. The summed E-state index contributed by atoms with van der Waals surface area (Å²) in [6.07, 6.45) is 1.23. The fraction of sp³-hybridized carbons (Fsp3) is 0.480. The molecule has 7 nitrogen and oxygen atoms in total. The first kappa shape index (κ1) is 24.6. The molecule has 2 fully saturated rings. The highest BCUT2D eigenvalue weighted by Crippen LogP contribution is 2.27. The molecule has 0 spiro atoms. The van der Waals surface area contributed by atoms with Crippen LogP contribution in [-0.4, -0.2) is 64.4 Å². The molecule has 0 saturated carbocycles. The number of amides is 1. The molecule has 2 aliphatic rings. The zero-order valence-corrected chi connectivity index (χ0v) is 20.7. The van der Waals surface area contributed by atoms with Gasteiger partial charge < -0.3 is 15.1 Å². The highest BCUT2D eigenvalue weighted by atomic mass is 32.2. The van der Waals surface area contributed by atoms with E-state index in [-0.39, 0.29) is 17.3 Å². The van der Waals surface area contributed by atoms with Crippen molar-refractivity contribution < 1.29 is 22.5 Å². The van der Waals surface area contributed by atoms with E-state index in [1.165, 1.54) is 22.1 Å². The van der Waals surface area contributed by atoms with Crippen molar-refractivity contribution >= 4 is 27.3 Å². The molecular formula is C25H34FN4O3S+. The Morgan fingerprint density at radius 1 is 1.12 bits per heavy atom. The van der Waals surface area contributed by atoms with Gasteiger partial charge in [-0.15, -0.1) is 0 Å². The van der Waals surface area contributed by atoms with Crippen molar-refractivity contribution in [2.45, 2.75) is 31.6 Å². The van der Waals surface area contributed by atoms with E-state index >= 15 is 0 Å². The SMILES string of the molecule is CC[NH+]1CCN(c2ccc(NC(=O)C3CCCN(S(=O)(=O)c4ccc(F)cc4)C3)cc2C)CC1. The highest BCUT2D eigenvalue weighted by molar-refractivity contribution is 7.89. The maximum absolute atomic E-state index is 13.2. The summed E-state index contributed by atoms with van der Waals surface area (Å²) in [6.45, 7) is 10.2. The number of piperazine rings is 1. The Bertz CT molecular complexity index is 1120. The fourth-order valence-corrected chi connectivity index (χ4v) is 6.40. The van der Waals surface area contributed by atoms with Gasteiger partial charge in [-0.25, -0.2) is 12.8 Å². The average molecular weight is 490 g/mol. The van der Waals surface area contributed by atoms with Crippen LogP contribution in [0.1, 0.15) is 25.3 Å². The predicted molar refractivity (Wildman–Crippen MR) is 131 cm³/mol. The summed E-state index contributed by atoms with van der Waals surface area (Å²) in [6, 6.07) is 10.8. The molecule has 184 valence electrons. The molecule has 2 heterocycles. The van der Waals surface area contributed by atoms with Gasteiger partial charge in [0.25, 0.3) is 0 Å². The second kappa shape index (κ2) is 10.4. The topological polar surface area (TPSA) is 74.2 Å². The number of hydrogen-bond acceptors (Lipinski definition) is 4. The summed E-state index contributed by atoms with van der Waals surface area (Å²) in [5, 5.41) is 2.99. The minimum Gasteiger partial charge on any atom is -0.360 e. The number of nitrogens with zero attached hydrogens (tertiary/aromatic N) is 2. The van der Waals surface area contributed by atoms with E-state index in [2.05, 4.69) is 30.1 Å². The first-order chi connectivity index (χ1) is 16.3. The van der Waals surface area contributed by atoms with Crippen LogP contribution in [0.5, 0.6) is 0 Å². The molecule has 1 amide bonds. The molecule has 0 radical (unpaired) electrons. The van der Waals surface area contributed by atoms with Gasteiger partial charge in [-0.3, -0.25) is 4.79 Å². The summed E-state index contributed by atoms with van der Waals surface area (Å²) in [4.78, 5) is 17.1. The zero-order chi connectivity index (χ0) is 24.3. The lowest BCUT2D eigenvalue weighted by molar-refractivity contribution is -0.898. The molecule has 0 aromatic heterocycles. The van der Waals surface area contributed by atoms with Gasteiger partial charge in [0.2, 0.25) is 15.9 Å². The number of benzene rings is 2. The van der Waals surface area contributed by atoms with Crippen LogP contribution in [-0.2, 0) is 14.8 Å². The summed E-state index contributed by atoms with van der Waals surface area (Å²) in [5.74, 6) is -1.10. The Hall–Kier alpha value is -2.49. The van der Waals surface area contributed by atoms with E-state index in [1.807, 2.05) is 12.1 Å². The number of carbonyl (C=O) groups excluding carboxylic acids is 1. The van der Waals surface area contributed by atoms with Crippen LogP contribution in [0.15, 0.2) is 47.4 Å². The Morgan fingerprint density at radius 3 is 2.47 bits per heavy atom. The highest BCUT2D eigenvalue weighted by Gasteiger charge is 2.33. The fourth-order valence-electron chi connectivity index (χ4n) is 4.88. The third-order valence-corrected chi connectivity index (χ3v) is 8.86. The number of halogens is 1. The molecule has 2 aromatic rings. The van der Waals surface area contributed by atoms with Gasteiger partial charge in [-0.05, 0) is 74.7 Å². The minimum atomic E-state index is -3.77. The molecule has 2 aromatic carbocycles. The van der Waals surface area contributed by atoms with Crippen molar-refractivity contribution in [1.82, 2.24) is 4.31 Å². The molecular weight excluding hydrogens is 455 g/mol. The molecule has 0 bridgehead atoms. The third kappa shape index (κ3) is 5.42. The lowest BCUT2D eigenvalue weighted by atomic mass is 9.98. The molecule has 0 aliphatic carbocycles. The van der Waals surface area contributed by atoms with Gasteiger partial charge >= 0.3 is 0 Å². The number of sulfonamides is 1. The predicted octanol–water partition coefficient (Wildman–Crippen LogP) is 1.90. The van der Waals surface area contributed by atoms with Gasteiger partial charge in [0.05, 0.1) is 43.5 Å². The second-order valence-electron chi connectivity index (χ2n) is 9.24. The van der Waals surface area contributed by atoms with E-state index in [0.717, 1.165) is 56.1 Å². The van der Waals surface area contributed by atoms with Crippen LogP contribution in [0.3, 0.4) is 0 Å². The quantitative estimate of drug-likeness (QED) is 0.650. The lowest BCUT2D eigenvalue weighted by Crippen LogP contribution is -3.14. The van der Waals surface area contributed by atoms with Crippen LogP contribution in [0, 0.1) is 18.7 Å². The van der Waals surface area contributed by atoms with Crippen LogP contribution in [0.2, 0.25) is 0 Å². The number of piperidine rings is 1. The van der Waals surface area contributed by atoms with Crippen molar-refractivity contribution in [3.63, 3.8) is 0 Å². The zero-order valence-electron chi connectivity index (χ0n) is 19.9. The monoisotopic (exact) mass is 489 g/mol. The van der Waals surface area contributed by atoms with Gasteiger partial charge in [-0.1, -0.05) is 0 Å². The lowest BCUT2D eigenvalue weighted by Gasteiger charge is -2.34. The third-order valence-electron chi connectivity index (χ3n) is 6.98. The number of anilines is 2. The van der Waals surface area contributed by atoms with Crippen molar-refractivity contribution in [3.05, 3.63) is 53.8 Å². The van der Waals surface area contributed by atoms with E-state index < -0.39 is 21.8 Å². The van der Waals surface area contributed by atoms with Gasteiger partial charge in [0.15, 0.2) is 0 Å². The number of rotatable bonds is 6. The van der Waals surface area contributed by atoms with Crippen LogP contribution in [0.4, 0.5) is 15.8 Å². The van der Waals surface area contributed by atoms with E-state index in [9.17, 15) is 17.6 Å². The normalized spacial score (nSPS) is 20.3. The Morgan fingerprint density at radius 2 is 1.82 bits per heavy atom. The summed E-state index contributed by atoms with van der Waals surface area (Å²) >= 11 is 0. The number of likely N-dealkylation sites (N-methyl/N-ethyl adjacent to an activating group) is 1. The minimum absolute atomic E-state index is 0.0440. The van der Waals surface area contributed by atoms with Crippen LogP contribution < -0.4 is 15.1 Å². The average Bonchev–Trinajstić information content (AvgIpc) is 2.84. The Kier molecular flexibility index (Phi) is 7.54. The van der Waals surface area contributed by atoms with Crippen molar-refractivity contribution in [2.75, 3.05) is 56.0 Å². The standard InChI is InChI=1S/C25H33FN4O3S/c1-3-28-13-15-29(16-14-28)24-11-8-22(17-19(24)2)27-25(31)20-5-4-12-30(18-20)34(32,33)23-9-6-21(26)7-10-23/h6-11,17,20H,3-5,12-16,18H2,1-2H3,(H,27,31)/p+1. The number of quaternary nitrogens is 1. The van der Waals surface area contributed by atoms with E-state index in [0.29, 0.717) is 19.4 Å². The molecule has 9 heteroatoms.